The van der Waals surface area contributed by atoms with Crippen molar-refractivity contribution in [3.8, 4) is 0 Å². The number of rotatable bonds is 3. The maximum atomic E-state index is 4.35. The smallest absolute Gasteiger partial charge is 0.0521 e. The molecule has 0 unspecified atom stereocenters. The molecule has 0 aromatic carbocycles. The summed E-state index contributed by atoms with van der Waals surface area (Å²) in [5.74, 6) is 2.12. The molecule has 0 saturated carbocycles. The molecule has 1 rings (SSSR count). The van der Waals surface area contributed by atoms with Crippen LogP contribution in [0.2, 0.25) is 0 Å². The second kappa shape index (κ2) is 4.24. The quantitative estimate of drug-likeness (QED) is 0.658. The Kier molecular flexibility index (Phi) is 3.46. The molecule has 0 aromatic rings. The molecule has 0 bridgehead atoms. The molecule has 0 amide bonds. The van der Waals surface area contributed by atoms with Gasteiger partial charge >= 0.3 is 0 Å². The minimum Gasteiger partial charge on any atom is -0.159 e. The van der Waals surface area contributed by atoms with Crippen molar-refractivity contribution < 1.29 is 0 Å². The van der Waals surface area contributed by atoms with Gasteiger partial charge in [-0.3, -0.25) is 0 Å². The van der Waals surface area contributed by atoms with E-state index in [-0.39, 0.29) is 0 Å². The maximum Gasteiger partial charge on any atom is 0.0521 e. The zero-order valence-electron chi connectivity index (χ0n) is 10.2. The van der Waals surface area contributed by atoms with Gasteiger partial charge in [-0.2, -0.15) is 10.2 Å². The van der Waals surface area contributed by atoms with Gasteiger partial charge in [0.05, 0.1) is 11.4 Å². The predicted octanol–water partition coefficient (Wildman–Crippen LogP) is 3.38. The molecule has 1 heterocycles. The van der Waals surface area contributed by atoms with E-state index in [4.69, 9.17) is 0 Å². The van der Waals surface area contributed by atoms with Crippen molar-refractivity contribution in [2.24, 2.45) is 33.9 Å². The van der Waals surface area contributed by atoms with Crippen LogP contribution in [0.1, 0.15) is 41.5 Å². The Labute approximate surface area is 87.5 Å². The third kappa shape index (κ3) is 2.05. The summed E-state index contributed by atoms with van der Waals surface area (Å²) in [6.07, 6.45) is 0. The highest BCUT2D eigenvalue weighted by Crippen LogP contribution is 2.27. The lowest BCUT2D eigenvalue weighted by atomic mass is 9.79. The van der Waals surface area contributed by atoms with Gasteiger partial charge in [-0.1, -0.05) is 41.5 Å². The van der Waals surface area contributed by atoms with Crippen molar-refractivity contribution in [3.05, 3.63) is 0 Å². The van der Waals surface area contributed by atoms with Crippen molar-refractivity contribution in [1.82, 2.24) is 0 Å². The molecule has 0 spiro atoms. The van der Waals surface area contributed by atoms with Crippen LogP contribution in [-0.4, -0.2) is 11.4 Å². The fourth-order valence-electron chi connectivity index (χ4n) is 2.02. The molecule has 2 nitrogen and oxygen atoms in total. The van der Waals surface area contributed by atoms with Crippen LogP contribution in [0.5, 0.6) is 0 Å². The van der Waals surface area contributed by atoms with Crippen LogP contribution in [0, 0.1) is 23.7 Å². The van der Waals surface area contributed by atoms with Crippen LogP contribution in [0.25, 0.3) is 0 Å². The Morgan fingerprint density at radius 3 is 1.36 bits per heavy atom. The molecular formula is C12H22N2. The molecule has 14 heavy (non-hydrogen) atoms. The summed E-state index contributed by atoms with van der Waals surface area (Å²) in [6.45, 7) is 13.3. The summed E-state index contributed by atoms with van der Waals surface area (Å²) in [6, 6.07) is 0. The van der Waals surface area contributed by atoms with Gasteiger partial charge in [-0.05, 0) is 17.8 Å². The lowest BCUT2D eigenvalue weighted by Crippen LogP contribution is -2.31. The average Bonchev–Trinajstić information content (AvgIpc) is 2.46. The molecule has 0 N–H and O–H groups in total. The van der Waals surface area contributed by atoms with Crippen molar-refractivity contribution in [2.45, 2.75) is 41.5 Å². The summed E-state index contributed by atoms with van der Waals surface area (Å²) in [4.78, 5) is 0. The normalized spacial score (nSPS) is 18.4. The SMILES string of the molecule is CC(C)C1=NN=C(C(C)C)C1C(C)C. The lowest BCUT2D eigenvalue weighted by Gasteiger charge is -2.23. The fourth-order valence-corrected chi connectivity index (χ4v) is 2.02. The third-order valence-electron chi connectivity index (χ3n) is 2.77. The van der Waals surface area contributed by atoms with E-state index in [9.17, 15) is 0 Å². The third-order valence-corrected chi connectivity index (χ3v) is 2.77. The molecule has 0 aliphatic carbocycles. The Morgan fingerprint density at radius 1 is 0.786 bits per heavy atom. The highest BCUT2D eigenvalue weighted by molar-refractivity contribution is 6.11. The minimum atomic E-state index is 0.481. The van der Waals surface area contributed by atoms with Gasteiger partial charge in [0.1, 0.15) is 0 Å². The number of hydrogen-bond acceptors (Lipinski definition) is 2. The highest BCUT2D eigenvalue weighted by Gasteiger charge is 2.32. The van der Waals surface area contributed by atoms with Crippen molar-refractivity contribution in [3.63, 3.8) is 0 Å². The highest BCUT2D eigenvalue weighted by atomic mass is 15.2. The first-order chi connectivity index (χ1) is 6.45. The molecule has 0 saturated heterocycles. The topological polar surface area (TPSA) is 24.7 Å². The molecule has 1 aliphatic rings. The van der Waals surface area contributed by atoms with Gasteiger partial charge in [0.15, 0.2) is 0 Å². The van der Waals surface area contributed by atoms with Crippen LogP contribution < -0.4 is 0 Å². The van der Waals surface area contributed by atoms with Gasteiger partial charge in [-0.25, -0.2) is 0 Å². The summed E-state index contributed by atoms with van der Waals surface area (Å²) in [7, 11) is 0. The molecule has 0 atom stereocenters. The summed E-state index contributed by atoms with van der Waals surface area (Å²) < 4.78 is 0. The van der Waals surface area contributed by atoms with Crippen molar-refractivity contribution in [2.75, 3.05) is 0 Å². The van der Waals surface area contributed by atoms with E-state index in [0.717, 1.165) is 0 Å². The van der Waals surface area contributed by atoms with Crippen LogP contribution in [0.4, 0.5) is 0 Å². The van der Waals surface area contributed by atoms with E-state index in [1.165, 1.54) is 11.4 Å². The van der Waals surface area contributed by atoms with Crippen LogP contribution in [-0.2, 0) is 0 Å². The van der Waals surface area contributed by atoms with E-state index in [1.54, 1.807) is 0 Å². The van der Waals surface area contributed by atoms with Gasteiger partial charge in [-0.15, -0.1) is 0 Å². The molecular weight excluding hydrogens is 172 g/mol. The first-order valence-electron chi connectivity index (χ1n) is 5.60. The first kappa shape index (κ1) is 11.4. The molecule has 0 fully saturated rings. The van der Waals surface area contributed by atoms with Crippen LogP contribution in [0.15, 0.2) is 10.2 Å². The molecule has 1 aliphatic heterocycles. The fraction of sp³-hybridized carbons (Fsp3) is 0.833. The Balaban J connectivity index is 2.89. The monoisotopic (exact) mass is 194 g/mol. The van der Waals surface area contributed by atoms with Crippen molar-refractivity contribution >= 4 is 11.4 Å². The predicted molar refractivity (Wildman–Crippen MR) is 62.9 cm³/mol. The zero-order chi connectivity index (χ0) is 10.9. The number of nitrogens with zero attached hydrogens (tertiary/aromatic N) is 2. The van der Waals surface area contributed by atoms with E-state index >= 15 is 0 Å². The molecule has 0 radical (unpaired) electrons. The Bertz CT molecular complexity index is 235. The second-order valence-electron chi connectivity index (χ2n) is 5.08. The molecule has 2 heteroatoms. The summed E-state index contributed by atoms with van der Waals surface area (Å²) >= 11 is 0. The number of hydrogen-bond donors (Lipinski definition) is 0. The minimum absolute atomic E-state index is 0.481. The standard InChI is InChI=1S/C12H22N2/c1-7(2)10-11(8(3)4)13-14-12(10)9(5)6/h7-10H,1-6H3. The zero-order valence-corrected chi connectivity index (χ0v) is 10.2. The Morgan fingerprint density at radius 2 is 1.14 bits per heavy atom. The van der Waals surface area contributed by atoms with Gasteiger partial charge in [0.2, 0.25) is 0 Å². The Hall–Kier alpha value is -0.660. The van der Waals surface area contributed by atoms with Gasteiger partial charge in [0, 0.05) is 5.92 Å². The largest absolute Gasteiger partial charge is 0.159 e. The van der Waals surface area contributed by atoms with Crippen LogP contribution >= 0.6 is 0 Å². The first-order valence-corrected chi connectivity index (χ1v) is 5.60. The van der Waals surface area contributed by atoms with E-state index in [1.807, 2.05) is 0 Å². The van der Waals surface area contributed by atoms with Gasteiger partial charge in [0.25, 0.3) is 0 Å². The van der Waals surface area contributed by atoms with E-state index < -0.39 is 0 Å². The van der Waals surface area contributed by atoms with Crippen LogP contribution in [0.3, 0.4) is 0 Å². The summed E-state index contributed by atoms with van der Waals surface area (Å²) in [5, 5.41) is 8.69. The second-order valence-corrected chi connectivity index (χ2v) is 5.08. The molecule has 80 valence electrons. The van der Waals surface area contributed by atoms with Gasteiger partial charge < -0.3 is 0 Å². The summed E-state index contributed by atoms with van der Waals surface area (Å²) in [5.41, 5.74) is 2.53. The van der Waals surface area contributed by atoms with E-state index in [2.05, 4.69) is 51.7 Å². The maximum absolute atomic E-state index is 4.35. The lowest BCUT2D eigenvalue weighted by molar-refractivity contribution is 0.571. The molecule has 0 aromatic heterocycles. The van der Waals surface area contributed by atoms with Crippen molar-refractivity contribution in [1.29, 1.82) is 0 Å². The van der Waals surface area contributed by atoms with E-state index in [0.29, 0.717) is 23.7 Å². The average molecular weight is 194 g/mol.